The van der Waals surface area contributed by atoms with Crippen molar-refractivity contribution in [2.24, 2.45) is 0 Å². The Kier molecular flexibility index (Phi) is 2.92. The number of nitrogens with zero attached hydrogens (tertiary/aromatic N) is 2. The molecule has 14 heavy (non-hydrogen) atoms. The third-order valence-electron chi connectivity index (χ3n) is 1.47. The van der Waals surface area contributed by atoms with Crippen LogP contribution < -0.4 is 0 Å². The van der Waals surface area contributed by atoms with Crippen molar-refractivity contribution in [3.8, 4) is 6.07 Å². The van der Waals surface area contributed by atoms with E-state index in [2.05, 4.69) is 4.98 Å². The highest BCUT2D eigenvalue weighted by atomic mass is 19.4. The summed E-state index contributed by atoms with van der Waals surface area (Å²) in [4.78, 5) is 3.63. The third-order valence-corrected chi connectivity index (χ3v) is 1.47. The van der Waals surface area contributed by atoms with Crippen molar-refractivity contribution in [1.29, 1.82) is 5.26 Å². The van der Waals surface area contributed by atoms with E-state index < -0.39 is 6.98 Å². The van der Waals surface area contributed by atoms with Crippen LogP contribution in [0.5, 0.6) is 0 Å². The normalized spacial score (nSPS) is 11.6. The van der Waals surface area contributed by atoms with E-state index in [1.807, 2.05) is 0 Å². The van der Waals surface area contributed by atoms with Gasteiger partial charge in [0.05, 0.1) is 5.56 Å². The van der Waals surface area contributed by atoms with Gasteiger partial charge in [0.15, 0.2) is 0 Å². The van der Waals surface area contributed by atoms with Crippen molar-refractivity contribution < 1.29 is 12.9 Å². The lowest BCUT2D eigenvalue weighted by Gasteiger charge is -2.06. The van der Waals surface area contributed by atoms with Crippen molar-refractivity contribution >= 4 is 13.1 Å². The van der Waals surface area contributed by atoms with E-state index in [0.717, 1.165) is 6.08 Å². The van der Waals surface area contributed by atoms with Gasteiger partial charge in [-0.1, -0.05) is 6.08 Å². The van der Waals surface area contributed by atoms with E-state index in [9.17, 15) is 12.9 Å². The molecule has 0 fully saturated rings. The summed E-state index contributed by atoms with van der Waals surface area (Å²) in [5.74, 6) is 0.149. The average molecular weight is 197 g/mol. The van der Waals surface area contributed by atoms with Crippen molar-refractivity contribution in [1.82, 2.24) is 4.98 Å². The minimum absolute atomic E-state index is 0.129. The molecule has 0 aliphatic heterocycles. The first kappa shape index (κ1) is 10.3. The largest absolute Gasteiger partial charge is 0.502 e. The van der Waals surface area contributed by atoms with Gasteiger partial charge in [-0.2, -0.15) is 5.26 Å². The predicted molar refractivity (Wildman–Crippen MR) is 47.1 cm³/mol. The quantitative estimate of drug-likeness (QED) is 0.682. The molecule has 0 N–H and O–H groups in total. The van der Waals surface area contributed by atoms with Gasteiger partial charge in [0.1, 0.15) is 6.07 Å². The number of hydrogen-bond acceptors (Lipinski definition) is 2. The second kappa shape index (κ2) is 3.96. The van der Waals surface area contributed by atoms with Gasteiger partial charge in [-0.15, -0.1) is 5.98 Å². The summed E-state index contributed by atoms with van der Waals surface area (Å²) in [6, 6.07) is 3.12. The number of hydrogen-bond donors (Lipinski definition) is 0. The molecule has 0 aliphatic carbocycles. The summed E-state index contributed by atoms with van der Waals surface area (Å²) >= 11 is 0. The van der Waals surface area contributed by atoms with E-state index in [4.69, 9.17) is 5.26 Å². The molecule has 0 radical (unpaired) electrons. The first-order chi connectivity index (χ1) is 6.53. The lowest BCUT2D eigenvalue weighted by molar-refractivity contribution is 0.499. The Balaban J connectivity index is 2.99. The fourth-order valence-electron chi connectivity index (χ4n) is 0.857. The van der Waals surface area contributed by atoms with Crippen LogP contribution in [0.2, 0.25) is 0 Å². The molecule has 1 heterocycles. The number of rotatable bonds is 2. The maximum Gasteiger partial charge on any atom is 0.502 e. The summed E-state index contributed by atoms with van der Waals surface area (Å²) < 4.78 is 35.6. The van der Waals surface area contributed by atoms with Crippen LogP contribution in [-0.2, 0) is 0 Å². The number of halogens is 3. The number of nitriles is 1. The summed E-state index contributed by atoms with van der Waals surface area (Å²) in [7, 11) is 0. The smallest absolute Gasteiger partial charge is 0.445 e. The molecule has 0 atom stereocenters. The van der Waals surface area contributed by atoms with Gasteiger partial charge in [0.25, 0.3) is 0 Å². The van der Waals surface area contributed by atoms with Crippen LogP contribution >= 0.6 is 0 Å². The van der Waals surface area contributed by atoms with Gasteiger partial charge in [-0.05, 0) is 11.6 Å². The molecule has 0 saturated carbocycles. The maximum atomic E-state index is 11.9. The molecule has 0 bridgehead atoms. The van der Waals surface area contributed by atoms with Crippen LogP contribution in [0.1, 0.15) is 11.1 Å². The first-order valence-corrected chi connectivity index (χ1v) is 3.76. The highest BCUT2D eigenvalue weighted by molar-refractivity contribution is 6.64. The number of aromatic nitrogens is 1. The predicted octanol–water partition coefficient (Wildman–Crippen LogP) is 2.35. The van der Waals surface area contributed by atoms with Gasteiger partial charge in [0, 0.05) is 12.4 Å². The fourth-order valence-corrected chi connectivity index (χ4v) is 0.857. The highest BCUT2D eigenvalue weighted by Crippen LogP contribution is 2.14. The lowest BCUT2D eigenvalue weighted by Crippen LogP contribution is -2.09. The van der Waals surface area contributed by atoms with Crippen molar-refractivity contribution in [3.63, 3.8) is 0 Å². The van der Waals surface area contributed by atoms with Gasteiger partial charge in [-0.3, -0.25) is 4.98 Å². The fraction of sp³-hybridized carbons (Fsp3) is 0. The van der Waals surface area contributed by atoms with Crippen molar-refractivity contribution in [2.45, 2.75) is 0 Å². The number of pyridine rings is 1. The molecule has 0 aromatic carbocycles. The monoisotopic (exact) mass is 197 g/mol. The Hall–Kier alpha value is -1.77. The van der Waals surface area contributed by atoms with E-state index in [-0.39, 0.29) is 17.1 Å². The van der Waals surface area contributed by atoms with Crippen LogP contribution in [0.15, 0.2) is 24.4 Å². The first-order valence-electron chi connectivity index (χ1n) is 3.76. The zero-order valence-corrected chi connectivity index (χ0v) is 6.99. The summed E-state index contributed by atoms with van der Waals surface area (Å²) in [5, 5.41) is 8.55. The van der Waals surface area contributed by atoms with Crippen LogP contribution in [0.4, 0.5) is 12.9 Å². The van der Waals surface area contributed by atoms with Crippen molar-refractivity contribution in [3.05, 3.63) is 35.6 Å². The maximum absolute atomic E-state index is 11.9. The van der Waals surface area contributed by atoms with Gasteiger partial charge in [0.2, 0.25) is 0 Å². The summed E-state index contributed by atoms with van der Waals surface area (Å²) in [6.45, 7) is -4.96. The van der Waals surface area contributed by atoms with Gasteiger partial charge in [-0.25, -0.2) is 0 Å². The molecule has 0 unspecified atom stereocenters. The Morgan fingerprint density at radius 2 is 2.14 bits per heavy atom. The van der Waals surface area contributed by atoms with E-state index in [1.54, 1.807) is 6.07 Å². The third kappa shape index (κ3) is 2.94. The molecular weight excluding hydrogens is 192 g/mol. The Labute approximate surface area is 78.8 Å². The SMILES string of the molecule is N#Cc1cnccc1/C=C/[B-](F)(F)F. The summed E-state index contributed by atoms with van der Waals surface area (Å²) in [5.41, 5.74) is 0.352. The van der Waals surface area contributed by atoms with E-state index in [1.165, 1.54) is 18.5 Å². The van der Waals surface area contributed by atoms with Gasteiger partial charge >= 0.3 is 6.98 Å². The Morgan fingerprint density at radius 3 is 2.71 bits per heavy atom. The topological polar surface area (TPSA) is 36.7 Å². The van der Waals surface area contributed by atoms with Crippen LogP contribution in [-0.4, -0.2) is 12.0 Å². The zero-order valence-electron chi connectivity index (χ0n) is 6.99. The molecule has 72 valence electrons. The average Bonchev–Trinajstić information content (AvgIpc) is 2.14. The van der Waals surface area contributed by atoms with E-state index in [0.29, 0.717) is 0 Å². The van der Waals surface area contributed by atoms with Crippen LogP contribution in [0, 0.1) is 11.3 Å². The molecule has 2 nitrogen and oxygen atoms in total. The molecule has 1 rings (SSSR count). The molecule has 0 saturated heterocycles. The minimum Gasteiger partial charge on any atom is -0.445 e. The molecule has 6 heteroatoms. The van der Waals surface area contributed by atoms with Crippen LogP contribution in [0.25, 0.3) is 6.08 Å². The Morgan fingerprint density at radius 1 is 1.43 bits per heavy atom. The second-order valence-electron chi connectivity index (χ2n) is 2.56. The molecular formula is C8H5BF3N2-. The van der Waals surface area contributed by atoms with Crippen molar-refractivity contribution in [2.75, 3.05) is 0 Å². The molecule has 0 spiro atoms. The zero-order chi connectivity index (χ0) is 10.6. The standard InChI is InChI=1S/C8H5BF3N2/c10-9(11,12)3-1-7-2-4-14-6-8(7)5-13/h1-4,6H/q-1/b3-1+. The molecule has 1 aromatic rings. The minimum atomic E-state index is -4.96. The molecule has 0 aliphatic rings. The molecule has 0 amide bonds. The molecule has 1 aromatic heterocycles. The van der Waals surface area contributed by atoms with E-state index >= 15 is 0 Å². The second-order valence-corrected chi connectivity index (χ2v) is 2.56. The lowest BCUT2D eigenvalue weighted by atomic mass is 9.90. The van der Waals surface area contributed by atoms with Crippen LogP contribution in [0.3, 0.4) is 0 Å². The van der Waals surface area contributed by atoms with Gasteiger partial charge < -0.3 is 12.9 Å². The summed E-state index contributed by atoms with van der Waals surface area (Å²) in [6.07, 6.45) is 3.44. The highest BCUT2D eigenvalue weighted by Gasteiger charge is 2.17. The Bertz CT molecular complexity index is 392.